The highest BCUT2D eigenvalue weighted by Gasteiger charge is 2.35. The minimum atomic E-state index is -0.501. The summed E-state index contributed by atoms with van der Waals surface area (Å²) in [5.74, 6) is 0.140. The Bertz CT molecular complexity index is 461. The maximum absolute atomic E-state index is 10.7. The maximum atomic E-state index is 10.7. The molecule has 20 heavy (non-hydrogen) atoms. The normalized spacial score (nSPS) is 29.6. The van der Waals surface area contributed by atoms with Gasteiger partial charge in [-0.15, -0.1) is 0 Å². The molecule has 1 aromatic carbocycles. The molecule has 0 aliphatic heterocycles. The van der Waals surface area contributed by atoms with E-state index in [4.69, 9.17) is 21.1 Å². The molecule has 1 aliphatic rings. The lowest BCUT2D eigenvalue weighted by molar-refractivity contribution is -0.00583. The second kappa shape index (κ2) is 7.23. The molecule has 0 saturated heterocycles. The molecule has 0 amide bonds. The fourth-order valence-electron chi connectivity index (χ4n) is 2.85. The largest absolute Gasteiger partial charge is 0.392 e. The Morgan fingerprint density at radius 2 is 1.90 bits per heavy atom. The lowest BCUT2D eigenvalue weighted by Crippen LogP contribution is -2.39. The average Bonchev–Trinajstić information content (AvgIpc) is 2.43. The summed E-state index contributed by atoms with van der Waals surface area (Å²) in [6.07, 6.45) is 3.66. The van der Waals surface area contributed by atoms with E-state index in [1.165, 1.54) is 0 Å². The standard InChI is InChI=1S/C16H21ClO3/c1-19-9-12-6-7-14(16(18)15(12)10-20-2)11-4-3-5-13(17)8-11/h3-8,12,14-16,18H,9-10H2,1-2H3/t12-,14+,15+,16-/m1/s1. The fraction of sp³-hybridized carbons (Fsp3) is 0.500. The van der Waals surface area contributed by atoms with Crippen molar-refractivity contribution < 1.29 is 14.6 Å². The van der Waals surface area contributed by atoms with Crippen molar-refractivity contribution in [1.82, 2.24) is 0 Å². The van der Waals surface area contributed by atoms with Gasteiger partial charge in [0.1, 0.15) is 0 Å². The Hall–Kier alpha value is -0.870. The van der Waals surface area contributed by atoms with Crippen LogP contribution in [0.5, 0.6) is 0 Å². The number of benzene rings is 1. The highest BCUT2D eigenvalue weighted by Crippen LogP contribution is 2.36. The van der Waals surface area contributed by atoms with Crippen LogP contribution in [-0.2, 0) is 9.47 Å². The van der Waals surface area contributed by atoms with Gasteiger partial charge in [0, 0.05) is 37.0 Å². The van der Waals surface area contributed by atoms with Crippen LogP contribution >= 0.6 is 11.6 Å². The first kappa shape index (κ1) is 15.5. The molecular formula is C16H21ClO3. The molecule has 1 aliphatic carbocycles. The van der Waals surface area contributed by atoms with Gasteiger partial charge in [0.2, 0.25) is 0 Å². The quantitative estimate of drug-likeness (QED) is 0.849. The van der Waals surface area contributed by atoms with Gasteiger partial charge < -0.3 is 14.6 Å². The van der Waals surface area contributed by atoms with E-state index < -0.39 is 6.10 Å². The molecule has 4 atom stereocenters. The van der Waals surface area contributed by atoms with E-state index >= 15 is 0 Å². The Labute approximate surface area is 125 Å². The maximum Gasteiger partial charge on any atom is 0.0699 e. The highest BCUT2D eigenvalue weighted by molar-refractivity contribution is 6.30. The molecule has 1 N–H and O–H groups in total. The van der Waals surface area contributed by atoms with E-state index in [1.807, 2.05) is 30.3 Å². The molecule has 0 unspecified atom stereocenters. The van der Waals surface area contributed by atoms with Crippen LogP contribution in [0.1, 0.15) is 11.5 Å². The van der Waals surface area contributed by atoms with Gasteiger partial charge in [0.15, 0.2) is 0 Å². The van der Waals surface area contributed by atoms with Crippen molar-refractivity contribution in [3.63, 3.8) is 0 Å². The van der Waals surface area contributed by atoms with E-state index in [-0.39, 0.29) is 17.8 Å². The van der Waals surface area contributed by atoms with Crippen molar-refractivity contribution in [3.8, 4) is 0 Å². The van der Waals surface area contributed by atoms with Crippen LogP contribution in [0.25, 0.3) is 0 Å². The lowest BCUT2D eigenvalue weighted by Gasteiger charge is -2.36. The molecule has 0 saturated carbocycles. The van der Waals surface area contributed by atoms with Crippen molar-refractivity contribution in [2.75, 3.05) is 27.4 Å². The number of rotatable bonds is 5. The minimum absolute atomic E-state index is 0.0222. The van der Waals surface area contributed by atoms with Crippen LogP contribution in [-0.4, -0.2) is 38.6 Å². The summed E-state index contributed by atoms with van der Waals surface area (Å²) in [5, 5.41) is 11.4. The first-order chi connectivity index (χ1) is 9.67. The fourth-order valence-corrected chi connectivity index (χ4v) is 3.05. The predicted molar refractivity (Wildman–Crippen MR) is 80.1 cm³/mol. The minimum Gasteiger partial charge on any atom is -0.392 e. The molecule has 0 aromatic heterocycles. The first-order valence-corrected chi connectivity index (χ1v) is 7.15. The Morgan fingerprint density at radius 3 is 2.55 bits per heavy atom. The number of methoxy groups -OCH3 is 2. The summed E-state index contributed by atoms with van der Waals surface area (Å²) in [6, 6.07) is 7.64. The molecule has 0 fully saturated rings. The van der Waals surface area contributed by atoms with Crippen LogP contribution in [0.2, 0.25) is 5.02 Å². The summed E-state index contributed by atoms with van der Waals surface area (Å²) in [5.41, 5.74) is 1.03. The van der Waals surface area contributed by atoms with E-state index in [2.05, 4.69) is 6.08 Å². The van der Waals surface area contributed by atoms with Crippen LogP contribution in [0.3, 0.4) is 0 Å². The molecular weight excluding hydrogens is 276 g/mol. The van der Waals surface area contributed by atoms with Crippen molar-refractivity contribution in [2.24, 2.45) is 11.8 Å². The van der Waals surface area contributed by atoms with Crippen molar-refractivity contribution in [1.29, 1.82) is 0 Å². The molecule has 0 radical (unpaired) electrons. The van der Waals surface area contributed by atoms with Gasteiger partial charge in [-0.3, -0.25) is 0 Å². The van der Waals surface area contributed by atoms with E-state index in [0.29, 0.717) is 18.2 Å². The molecule has 0 bridgehead atoms. The Balaban J connectivity index is 2.25. The van der Waals surface area contributed by atoms with Crippen LogP contribution in [0.4, 0.5) is 0 Å². The summed E-state index contributed by atoms with van der Waals surface area (Å²) >= 11 is 6.04. The molecule has 1 aromatic rings. The van der Waals surface area contributed by atoms with Gasteiger partial charge in [-0.1, -0.05) is 35.9 Å². The summed E-state index contributed by atoms with van der Waals surface area (Å²) in [4.78, 5) is 0. The molecule has 2 rings (SSSR count). The number of aliphatic hydroxyl groups excluding tert-OH is 1. The first-order valence-electron chi connectivity index (χ1n) is 6.77. The van der Waals surface area contributed by atoms with Gasteiger partial charge in [-0.25, -0.2) is 0 Å². The number of hydrogen-bond acceptors (Lipinski definition) is 3. The number of halogens is 1. The Morgan fingerprint density at radius 1 is 1.15 bits per heavy atom. The molecule has 0 heterocycles. The SMILES string of the molecule is COC[C@@H]1[C@H](O)[C@H](c2cccc(Cl)c2)C=C[C@@H]1COC. The lowest BCUT2D eigenvalue weighted by atomic mass is 9.75. The number of hydrogen-bond donors (Lipinski definition) is 1. The van der Waals surface area contributed by atoms with Crippen molar-refractivity contribution in [2.45, 2.75) is 12.0 Å². The van der Waals surface area contributed by atoms with E-state index in [9.17, 15) is 5.11 Å². The van der Waals surface area contributed by atoms with E-state index in [1.54, 1.807) is 14.2 Å². The molecule has 3 nitrogen and oxygen atoms in total. The third-order valence-electron chi connectivity index (χ3n) is 3.87. The topological polar surface area (TPSA) is 38.7 Å². The number of ether oxygens (including phenoxy) is 2. The third-order valence-corrected chi connectivity index (χ3v) is 4.11. The average molecular weight is 297 g/mol. The van der Waals surface area contributed by atoms with Gasteiger partial charge in [-0.2, -0.15) is 0 Å². The van der Waals surface area contributed by atoms with Crippen LogP contribution < -0.4 is 0 Å². The van der Waals surface area contributed by atoms with Crippen molar-refractivity contribution in [3.05, 3.63) is 47.0 Å². The summed E-state index contributed by atoms with van der Waals surface area (Å²) in [7, 11) is 3.33. The molecule has 0 spiro atoms. The zero-order valence-electron chi connectivity index (χ0n) is 11.8. The predicted octanol–water partition coefficient (Wildman–Crippen LogP) is 2.88. The van der Waals surface area contributed by atoms with E-state index in [0.717, 1.165) is 5.56 Å². The molecule has 110 valence electrons. The third kappa shape index (κ3) is 3.41. The second-order valence-electron chi connectivity index (χ2n) is 5.19. The van der Waals surface area contributed by atoms with Crippen molar-refractivity contribution >= 4 is 11.6 Å². The zero-order valence-corrected chi connectivity index (χ0v) is 12.6. The monoisotopic (exact) mass is 296 g/mol. The summed E-state index contributed by atoms with van der Waals surface area (Å²) in [6.45, 7) is 1.10. The van der Waals surface area contributed by atoms with Gasteiger partial charge in [0.05, 0.1) is 19.3 Å². The zero-order chi connectivity index (χ0) is 14.5. The van der Waals surface area contributed by atoms with Gasteiger partial charge in [-0.05, 0) is 17.7 Å². The van der Waals surface area contributed by atoms with Gasteiger partial charge >= 0.3 is 0 Å². The number of aliphatic hydroxyl groups is 1. The smallest absolute Gasteiger partial charge is 0.0699 e. The van der Waals surface area contributed by atoms with Gasteiger partial charge in [0.25, 0.3) is 0 Å². The Kier molecular flexibility index (Phi) is 5.61. The van der Waals surface area contributed by atoms with Crippen LogP contribution in [0, 0.1) is 11.8 Å². The molecule has 4 heteroatoms. The summed E-state index contributed by atoms with van der Waals surface area (Å²) < 4.78 is 10.5. The highest BCUT2D eigenvalue weighted by atomic mass is 35.5. The second-order valence-corrected chi connectivity index (χ2v) is 5.63. The van der Waals surface area contributed by atoms with Crippen LogP contribution in [0.15, 0.2) is 36.4 Å².